The largest absolute Gasteiger partial charge is 0.492 e. The summed E-state index contributed by atoms with van der Waals surface area (Å²) in [5.74, 6) is 0.481. The molecule has 37 heavy (non-hydrogen) atoms. The molecule has 6 nitrogen and oxygen atoms in total. The van der Waals surface area contributed by atoms with Crippen LogP contribution in [0.4, 0.5) is 5.69 Å². The molecule has 198 valence electrons. The van der Waals surface area contributed by atoms with Crippen molar-refractivity contribution < 1.29 is 17.9 Å². The van der Waals surface area contributed by atoms with Gasteiger partial charge in [0.1, 0.15) is 12.4 Å². The van der Waals surface area contributed by atoms with Crippen molar-refractivity contribution in [3.8, 4) is 5.75 Å². The number of sulfonamides is 1. The van der Waals surface area contributed by atoms with Crippen LogP contribution in [-0.4, -0.2) is 33.7 Å². The Balaban J connectivity index is 1.58. The van der Waals surface area contributed by atoms with Crippen LogP contribution in [0.3, 0.4) is 0 Å². The third-order valence-electron chi connectivity index (χ3n) is 5.58. The minimum Gasteiger partial charge on any atom is -0.492 e. The molecule has 0 spiro atoms. The van der Waals surface area contributed by atoms with Crippen molar-refractivity contribution in [2.75, 3.05) is 23.7 Å². The lowest BCUT2D eigenvalue weighted by Crippen LogP contribution is -2.30. The minimum absolute atomic E-state index is 0.000255. The zero-order valence-electron chi connectivity index (χ0n) is 21.0. The van der Waals surface area contributed by atoms with Crippen LogP contribution in [0, 0.1) is 0 Å². The molecule has 1 N–H and O–H groups in total. The van der Waals surface area contributed by atoms with Gasteiger partial charge in [0.15, 0.2) is 0 Å². The highest BCUT2D eigenvalue weighted by atomic mass is 35.5. The highest BCUT2D eigenvalue weighted by Gasteiger charge is 2.22. The molecule has 0 aliphatic heterocycles. The van der Waals surface area contributed by atoms with Gasteiger partial charge in [-0.05, 0) is 52.9 Å². The Kier molecular flexibility index (Phi) is 9.40. The van der Waals surface area contributed by atoms with Crippen molar-refractivity contribution in [1.82, 2.24) is 5.32 Å². The number of nitrogens with one attached hydrogen (secondary N) is 1. The third-order valence-corrected chi connectivity index (χ3v) is 7.73. The average Bonchev–Trinajstić information content (AvgIpc) is 2.82. The molecule has 0 atom stereocenters. The molecule has 0 radical (unpaired) electrons. The maximum Gasteiger partial charge on any atom is 0.251 e. The number of anilines is 1. The number of hydrogen-bond donors (Lipinski definition) is 1. The van der Waals surface area contributed by atoms with Crippen LogP contribution in [0.15, 0.2) is 60.7 Å². The normalized spacial score (nSPS) is 11.8. The fourth-order valence-electron chi connectivity index (χ4n) is 3.50. The number of rotatable bonds is 9. The number of benzene rings is 3. The maximum atomic E-state index is 12.5. The first-order valence-electron chi connectivity index (χ1n) is 11.5. The summed E-state index contributed by atoms with van der Waals surface area (Å²) in [5, 5.41) is 3.39. The van der Waals surface area contributed by atoms with E-state index in [0.717, 1.165) is 16.3 Å². The number of hydrogen-bond acceptors (Lipinski definition) is 4. The van der Waals surface area contributed by atoms with Gasteiger partial charge in [0.05, 0.1) is 40.1 Å². The summed E-state index contributed by atoms with van der Waals surface area (Å²) in [5.41, 5.74) is 2.61. The second-order valence-electron chi connectivity index (χ2n) is 9.56. The Morgan fingerprint density at radius 2 is 1.51 bits per heavy atom. The second kappa shape index (κ2) is 11.9. The van der Waals surface area contributed by atoms with E-state index in [2.05, 4.69) is 26.1 Å². The standard InChI is InChI=1S/C27H29Cl3N2O4S/c1-27(2,3)20-9-11-21(12-10-20)36-14-13-31-26(33)19-7-5-18(6-8-19)17-32(37(4,34)35)25-16-23(29)22(28)15-24(25)30/h5-12,15-16H,13-14,17H2,1-4H3,(H,31,33). The predicted molar refractivity (Wildman–Crippen MR) is 152 cm³/mol. The van der Waals surface area contributed by atoms with E-state index in [-0.39, 0.29) is 38.6 Å². The van der Waals surface area contributed by atoms with Gasteiger partial charge < -0.3 is 10.1 Å². The molecule has 3 aromatic rings. The van der Waals surface area contributed by atoms with Gasteiger partial charge in [-0.3, -0.25) is 9.10 Å². The molecule has 3 rings (SSSR count). The first-order valence-corrected chi connectivity index (χ1v) is 14.5. The van der Waals surface area contributed by atoms with Crippen molar-refractivity contribution in [2.45, 2.75) is 32.7 Å². The monoisotopic (exact) mass is 582 g/mol. The lowest BCUT2D eigenvalue weighted by atomic mass is 9.87. The summed E-state index contributed by atoms with van der Waals surface area (Å²) in [6.07, 6.45) is 1.08. The Hall–Kier alpha value is -2.45. The van der Waals surface area contributed by atoms with Gasteiger partial charge in [0, 0.05) is 5.56 Å². The average molecular weight is 584 g/mol. The van der Waals surface area contributed by atoms with Crippen LogP contribution in [0.25, 0.3) is 0 Å². The molecule has 0 bridgehead atoms. The molecule has 0 saturated heterocycles. The molecule has 0 aliphatic rings. The molecule has 0 saturated carbocycles. The van der Waals surface area contributed by atoms with Crippen LogP contribution in [0.2, 0.25) is 15.1 Å². The zero-order valence-corrected chi connectivity index (χ0v) is 24.1. The molecule has 0 aliphatic carbocycles. The molecular weight excluding hydrogens is 555 g/mol. The summed E-state index contributed by atoms with van der Waals surface area (Å²) in [7, 11) is -3.69. The third kappa shape index (κ3) is 8.01. The molecule has 0 unspecified atom stereocenters. The molecule has 0 aromatic heterocycles. The van der Waals surface area contributed by atoms with Gasteiger partial charge in [0.2, 0.25) is 10.0 Å². The quantitative estimate of drug-likeness (QED) is 0.224. The fraction of sp³-hybridized carbons (Fsp3) is 0.296. The Morgan fingerprint density at radius 1 is 0.919 bits per heavy atom. The summed E-state index contributed by atoms with van der Waals surface area (Å²) >= 11 is 18.3. The topological polar surface area (TPSA) is 75.7 Å². The summed E-state index contributed by atoms with van der Waals surface area (Å²) in [6.45, 7) is 7.11. The van der Waals surface area contributed by atoms with Crippen molar-refractivity contribution in [1.29, 1.82) is 0 Å². The number of nitrogens with zero attached hydrogens (tertiary/aromatic N) is 1. The fourth-order valence-corrected chi connectivity index (χ4v) is 5.08. The lowest BCUT2D eigenvalue weighted by Gasteiger charge is -2.24. The SMILES string of the molecule is CC(C)(C)c1ccc(OCCNC(=O)c2ccc(CN(c3cc(Cl)c(Cl)cc3Cl)S(C)(=O)=O)cc2)cc1. The van der Waals surface area contributed by atoms with E-state index >= 15 is 0 Å². The van der Waals surface area contributed by atoms with Gasteiger partial charge in [-0.25, -0.2) is 8.42 Å². The van der Waals surface area contributed by atoms with E-state index in [4.69, 9.17) is 39.5 Å². The molecule has 1 amide bonds. The first kappa shape index (κ1) is 29.1. The predicted octanol–water partition coefficient (Wildman–Crippen LogP) is 6.72. The highest BCUT2D eigenvalue weighted by molar-refractivity contribution is 7.92. The van der Waals surface area contributed by atoms with Gasteiger partial charge in [0.25, 0.3) is 5.91 Å². The number of amides is 1. The number of carbonyl (C=O) groups is 1. The second-order valence-corrected chi connectivity index (χ2v) is 12.7. The van der Waals surface area contributed by atoms with Crippen LogP contribution < -0.4 is 14.4 Å². The summed E-state index contributed by atoms with van der Waals surface area (Å²) < 4.78 is 31.8. The van der Waals surface area contributed by atoms with Crippen molar-refractivity contribution in [2.24, 2.45) is 0 Å². The zero-order chi connectivity index (χ0) is 27.4. The molecular formula is C27H29Cl3N2O4S. The van der Waals surface area contributed by atoms with Crippen molar-refractivity contribution >= 4 is 56.4 Å². The Bertz CT molecular complexity index is 1350. The van der Waals surface area contributed by atoms with E-state index < -0.39 is 10.0 Å². The minimum atomic E-state index is -3.69. The summed E-state index contributed by atoms with van der Waals surface area (Å²) in [4.78, 5) is 12.5. The van der Waals surface area contributed by atoms with E-state index in [1.54, 1.807) is 24.3 Å². The molecule has 0 heterocycles. The van der Waals surface area contributed by atoms with Gasteiger partial charge in [-0.15, -0.1) is 0 Å². The van der Waals surface area contributed by atoms with Gasteiger partial charge >= 0.3 is 0 Å². The number of halogens is 3. The highest BCUT2D eigenvalue weighted by Crippen LogP contribution is 2.36. The Morgan fingerprint density at radius 3 is 2.08 bits per heavy atom. The van der Waals surface area contributed by atoms with Crippen LogP contribution in [0.1, 0.15) is 42.3 Å². The number of ether oxygens (including phenoxy) is 1. The van der Waals surface area contributed by atoms with E-state index in [1.165, 1.54) is 17.7 Å². The van der Waals surface area contributed by atoms with E-state index in [9.17, 15) is 13.2 Å². The lowest BCUT2D eigenvalue weighted by molar-refractivity contribution is 0.0947. The van der Waals surface area contributed by atoms with Crippen molar-refractivity contribution in [3.63, 3.8) is 0 Å². The molecule has 3 aromatic carbocycles. The summed E-state index contributed by atoms with van der Waals surface area (Å²) in [6, 6.07) is 17.4. The molecule has 10 heteroatoms. The Labute approximate surface area is 233 Å². The first-order chi connectivity index (χ1) is 17.3. The van der Waals surface area contributed by atoms with Crippen LogP contribution in [0.5, 0.6) is 5.75 Å². The van der Waals surface area contributed by atoms with Crippen LogP contribution in [-0.2, 0) is 22.0 Å². The smallest absolute Gasteiger partial charge is 0.251 e. The van der Waals surface area contributed by atoms with Crippen LogP contribution >= 0.6 is 34.8 Å². The maximum absolute atomic E-state index is 12.5. The van der Waals surface area contributed by atoms with Gasteiger partial charge in [-0.2, -0.15) is 0 Å². The van der Waals surface area contributed by atoms with E-state index in [1.807, 2.05) is 24.3 Å². The van der Waals surface area contributed by atoms with Crippen molar-refractivity contribution in [3.05, 3.63) is 92.4 Å². The molecule has 0 fully saturated rings. The number of carbonyl (C=O) groups excluding carboxylic acids is 1. The van der Waals surface area contributed by atoms with E-state index in [0.29, 0.717) is 24.3 Å². The van der Waals surface area contributed by atoms with Gasteiger partial charge in [-0.1, -0.05) is 79.8 Å².